The van der Waals surface area contributed by atoms with Crippen LogP contribution in [0.1, 0.15) is 6.42 Å². The molecule has 25 heavy (non-hydrogen) atoms. The average Bonchev–Trinajstić information content (AvgIpc) is 2.61. The molecule has 2 rings (SSSR count). The lowest BCUT2D eigenvalue weighted by molar-refractivity contribution is -0.118. The van der Waals surface area contributed by atoms with E-state index in [0.717, 1.165) is 0 Å². The van der Waals surface area contributed by atoms with E-state index in [1.54, 1.807) is 30.3 Å². The molecule has 0 atom stereocenters. The van der Waals surface area contributed by atoms with Crippen LogP contribution in [0, 0.1) is 0 Å². The summed E-state index contributed by atoms with van der Waals surface area (Å²) in [4.78, 5) is 23.7. The van der Waals surface area contributed by atoms with Crippen molar-refractivity contribution in [1.82, 2.24) is 0 Å². The number of carbonyl (C=O) groups excluding carboxylic acids is 2. The molecule has 7 nitrogen and oxygen atoms in total. The predicted octanol–water partition coefficient (Wildman–Crippen LogP) is 2.00. The molecule has 0 aliphatic carbocycles. The molecule has 0 aliphatic rings. The summed E-state index contributed by atoms with van der Waals surface area (Å²) in [6, 6.07) is 14.0. The van der Waals surface area contributed by atoms with Crippen molar-refractivity contribution < 1.29 is 19.1 Å². The van der Waals surface area contributed by atoms with Crippen molar-refractivity contribution in [2.45, 2.75) is 6.42 Å². The van der Waals surface area contributed by atoms with Crippen molar-refractivity contribution in [3.8, 4) is 11.5 Å². The van der Waals surface area contributed by atoms with E-state index in [-0.39, 0.29) is 31.4 Å². The van der Waals surface area contributed by atoms with E-state index >= 15 is 0 Å². The number of methoxy groups -OCH3 is 1. The Balaban J connectivity index is 1.98. The fourth-order valence-corrected chi connectivity index (χ4v) is 2.09. The number of carbonyl (C=O) groups is 2. The summed E-state index contributed by atoms with van der Waals surface area (Å²) in [7, 11) is 1.50. The zero-order valence-electron chi connectivity index (χ0n) is 14.0. The normalized spacial score (nSPS) is 10.0. The molecule has 7 heteroatoms. The molecule has 0 aliphatic heterocycles. The van der Waals surface area contributed by atoms with Gasteiger partial charge in [-0.05, 0) is 30.3 Å². The van der Waals surface area contributed by atoms with Gasteiger partial charge in [-0.3, -0.25) is 9.59 Å². The van der Waals surface area contributed by atoms with Crippen LogP contribution in [0.25, 0.3) is 0 Å². The fourth-order valence-electron chi connectivity index (χ4n) is 2.09. The minimum Gasteiger partial charge on any atom is -0.495 e. The van der Waals surface area contributed by atoms with Crippen molar-refractivity contribution in [3.63, 3.8) is 0 Å². The number of hydrogen-bond donors (Lipinski definition) is 3. The number of benzene rings is 2. The molecule has 2 amide bonds. The number of nitrogens with one attached hydrogen (secondary N) is 2. The summed E-state index contributed by atoms with van der Waals surface area (Å²) >= 11 is 0. The van der Waals surface area contributed by atoms with Crippen LogP contribution in [-0.2, 0) is 9.59 Å². The van der Waals surface area contributed by atoms with Crippen LogP contribution in [0.4, 0.5) is 11.4 Å². The summed E-state index contributed by atoms with van der Waals surface area (Å²) in [5, 5.41) is 5.42. The third-order valence-corrected chi connectivity index (χ3v) is 3.24. The maximum absolute atomic E-state index is 12.0. The second-order valence-electron chi connectivity index (χ2n) is 5.15. The van der Waals surface area contributed by atoms with Gasteiger partial charge < -0.3 is 25.8 Å². The van der Waals surface area contributed by atoms with E-state index in [0.29, 0.717) is 22.9 Å². The Morgan fingerprint density at radius 1 is 1.04 bits per heavy atom. The lowest BCUT2D eigenvalue weighted by atomic mass is 10.2. The van der Waals surface area contributed by atoms with Gasteiger partial charge in [-0.25, -0.2) is 0 Å². The average molecular weight is 343 g/mol. The Morgan fingerprint density at radius 2 is 1.80 bits per heavy atom. The largest absolute Gasteiger partial charge is 0.495 e. The quantitative estimate of drug-likeness (QED) is 0.680. The fraction of sp³-hybridized carbons (Fsp3) is 0.222. The number of anilines is 2. The molecule has 0 bridgehead atoms. The summed E-state index contributed by atoms with van der Waals surface area (Å²) in [5.74, 6) is 0.566. The Bertz CT molecular complexity index is 720. The molecule has 0 saturated carbocycles. The third-order valence-electron chi connectivity index (χ3n) is 3.24. The molecule has 4 N–H and O–H groups in total. The van der Waals surface area contributed by atoms with Gasteiger partial charge in [-0.2, -0.15) is 0 Å². The number of hydrogen-bond acceptors (Lipinski definition) is 5. The van der Waals surface area contributed by atoms with Crippen LogP contribution in [0.15, 0.2) is 48.5 Å². The van der Waals surface area contributed by atoms with Crippen LogP contribution < -0.4 is 25.8 Å². The molecule has 0 aromatic heterocycles. The summed E-state index contributed by atoms with van der Waals surface area (Å²) in [6.45, 7) is 0.131. The van der Waals surface area contributed by atoms with Gasteiger partial charge in [0.15, 0.2) is 6.61 Å². The monoisotopic (exact) mass is 343 g/mol. The van der Waals surface area contributed by atoms with E-state index in [9.17, 15) is 9.59 Å². The van der Waals surface area contributed by atoms with E-state index < -0.39 is 0 Å². The minimum absolute atomic E-state index is 0.120. The Hall–Kier alpha value is -3.06. The summed E-state index contributed by atoms with van der Waals surface area (Å²) < 4.78 is 10.6. The van der Waals surface area contributed by atoms with Crippen molar-refractivity contribution in [3.05, 3.63) is 48.5 Å². The first-order chi connectivity index (χ1) is 12.1. The zero-order chi connectivity index (χ0) is 18.1. The summed E-state index contributed by atoms with van der Waals surface area (Å²) in [6.07, 6.45) is 0.199. The van der Waals surface area contributed by atoms with Crippen LogP contribution in [0.3, 0.4) is 0 Å². The van der Waals surface area contributed by atoms with Crippen LogP contribution >= 0.6 is 0 Å². The standard InChI is InChI=1S/C18H21N3O4/c1-24-16-8-7-13(11-15(16)21-17(22)9-10-19)20-18(23)12-25-14-5-3-2-4-6-14/h2-8,11H,9-10,12,19H2,1H3,(H,20,23)(H,21,22). The lowest BCUT2D eigenvalue weighted by Gasteiger charge is -2.13. The molecular weight excluding hydrogens is 322 g/mol. The van der Waals surface area contributed by atoms with Crippen LogP contribution in [-0.4, -0.2) is 32.1 Å². The molecule has 132 valence electrons. The number of rotatable bonds is 8. The van der Waals surface area contributed by atoms with Gasteiger partial charge >= 0.3 is 0 Å². The second kappa shape index (κ2) is 9.29. The maximum Gasteiger partial charge on any atom is 0.262 e. The predicted molar refractivity (Wildman–Crippen MR) is 95.9 cm³/mol. The van der Waals surface area contributed by atoms with Gasteiger partial charge in [0.1, 0.15) is 11.5 Å². The van der Waals surface area contributed by atoms with E-state index in [1.807, 2.05) is 18.2 Å². The maximum atomic E-state index is 12.0. The van der Waals surface area contributed by atoms with Gasteiger partial charge in [0.25, 0.3) is 5.91 Å². The highest BCUT2D eigenvalue weighted by molar-refractivity contribution is 5.96. The molecular formula is C18H21N3O4. The van der Waals surface area contributed by atoms with Gasteiger partial charge in [0.05, 0.1) is 12.8 Å². The third kappa shape index (κ3) is 5.82. The first-order valence-electron chi connectivity index (χ1n) is 7.78. The highest BCUT2D eigenvalue weighted by Gasteiger charge is 2.10. The Labute approximate surface area is 146 Å². The van der Waals surface area contributed by atoms with Gasteiger partial charge in [0.2, 0.25) is 5.91 Å². The van der Waals surface area contributed by atoms with Gasteiger partial charge in [-0.1, -0.05) is 18.2 Å². The smallest absolute Gasteiger partial charge is 0.262 e. The minimum atomic E-state index is -0.312. The molecule has 2 aromatic carbocycles. The van der Waals surface area contributed by atoms with Gasteiger partial charge in [-0.15, -0.1) is 0 Å². The van der Waals surface area contributed by atoms with E-state index in [2.05, 4.69) is 10.6 Å². The lowest BCUT2D eigenvalue weighted by Crippen LogP contribution is -2.20. The first-order valence-corrected chi connectivity index (χ1v) is 7.78. The molecule has 0 radical (unpaired) electrons. The van der Waals surface area contributed by atoms with Gasteiger partial charge in [0, 0.05) is 18.7 Å². The Morgan fingerprint density at radius 3 is 2.48 bits per heavy atom. The molecule has 0 heterocycles. The van der Waals surface area contributed by atoms with Crippen LogP contribution in [0.2, 0.25) is 0 Å². The molecule has 2 aromatic rings. The summed E-state index contributed by atoms with van der Waals surface area (Å²) in [5.41, 5.74) is 6.35. The first kappa shape index (κ1) is 18.3. The topological polar surface area (TPSA) is 103 Å². The Kier molecular flexibility index (Phi) is 6.79. The van der Waals surface area contributed by atoms with E-state index in [4.69, 9.17) is 15.2 Å². The number of nitrogens with two attached hydrogens (primary N) is 1. The number of ether oxygens (including phenoxy) is 2. The van der Waals surface area contributed by atoms with Crippen molar-refractivity contribution in [1.29, 1.82) is 0 Å². The zero-order valence-corrected chi connectivity index (χ0v) is 14.0. The number of para-hydroxylation sites is 1. The van der Waals surface area contributed by atoms with Crippen molar-refractivity contribution in [2.24, 2.45) is 5.73 Å². The second-order valence-corrected chi connectivity index (χ2v) is 5.15. The molecule has 0 fully saturated rings. The van der Waals surface area contributed by atoms with Crippen molar-refractivity contribution >= 4 is 23.2 Å². The molecule has 0 saturated heterocycles. The van der Waals surface area contributed by atoms with Crippen LogP contribution in [0.5, 0.6) is 11.5 Å². The molecule has 0 spiro atoms. The van der Waals surface area contributed by atoms with E-state index in [1.165, 1.54) is 7.11 Å². The SMILES string of the molecule is COc1ccc(NC(=O)COc2ccccc2)cc1NC(=O)CCN. The van der Waals surface area contributed by atoms with Crippen molar-refractivity contribution in [2.75, 3.05) is 30.9 Å². The number of amides is 2. The highest BCUT2D eigenvalue weighted by atomic mass is 16.5. The molecule has 0 unspecified atom stereocenters. The highest BCUT2D eigenvalue weighted by Crippen LogP contribution is 2.28.